The highest BCUT2D eigenvalue weighted by atomic mass is 16.5. The van der Waals surface area contributed by atoms with Crippen LogP contribution in [0, 0.1) is 0 Å². The van der Waals surface area contributed by atoms with Gasteiger partial charge in [0.1, 0.15) is 6.10 Å². The number of aliphatic hydroxyl groups is 2. The number of ether oxygens (including phenoxy) is 2. The third-order valence-electron chi connectivity index (χ3n) is 4.00. The average molecular weight is 267 g/mol. The highest BCUT2D eigenvalue weighted by molar-refractivity contribution is 5.44. The summed E-state index contributed by atoms with van der Waals surface area (Å²) in [5.74, 6) is 1.27. The van der Waals surface area contributed by atoms with Crippen LogP contribution in [0.4, 0.5) is 0 Å². The summed E-state index contributed by atoms with van der Waals surface area (Å²) in [4.78, 5) is 1.97. The Morgan fingerprint density at radius 2 is 1.68 bits per heavy atom. The maximum atomic E-state index is 10.2. The highest BCUT2D eigenvalue weighted by Gasteiger charge is 2.44. The smallest absolute Gasteiger partial charge is 0.161 e. The number of methoxy groups -OCH3 is 2. The zero-order valence-corrected chi connectivity index (χ0v) is 11.7. The number of benzene rings is 1. The molecule has 1 aromatic carbocycles. The topological polar surface area (TPSA) is 62.2 Å². The number of nitrogens with zero attached hydrogens (tertiary/aromatic N) is 1. The molecule has 0 aliphatic carbocycles. The van der Waals surface area contributed by atoms with Crippen LogP contribution in [0.2, 0.25) is 0 Å². The summed E-state index contributed by atoms with van der Waals surface area (Å²) in [5.41, 5.74) is 0.899. The monoisotopic (exact) mass is 267 g/mol. The largest absolute Gasteiger partial charge is 0.493 e. The van der Waals surface area contributed by atoms with Gasteiger partial charge in [-0.25, -0.2) is 0 Å². The van der Waals surface area contributed by atoms with Crippen LogP contribution in [0.25, 0.3) is 0 Å². The van der Waals surface area contributed by atoms with Crippen molar-refractivity contribution in [1.29, 1.82) is 0 Å². The summed E-state index contributed by atoms with van der Waals surface area (Å²) in [6, 6.07) is 5.20. The number of aliphatic hydroxyl groups excluding tert-OH is 2. The molecule has 1 aliphatic rings. The molecule has 0 aromatic heterocycles. The van der Waals surface area contributed by atoms with E-state index < -0.39 is 12.2 Å². The first-order valence-corrected chi connectivity index (χ1v) is 6.31. The number of likely N-dealkylation sites (tertiary alicyclic amines) is 1. The average Bonchev–Trinajstić information content (AvgIpc) is 2.62. The van der Waals surface area contributed by atoms with Crippen molar-refractivity contribution in [2.45, 2.75) is 31.2 Å². The molecule has 0 spiro atoms. The Kier molecular flexibility index (Phi) is 3.99. The van der Waals surface area contributed by atoms with Gasteiger partial charge in [-0.1, -0.05) is 6.07 Å². The Labute approximate surface area is 113 Å². The predicted molar refractivity (Wildman–Crippen MR) is 71.5 cm³/mol. The molecule has 0 saturated carbocycles. The molecular formula is C14H21NO4. The number of likely N-dealkylation sites (N-methyl/N-ethyl adjacent to an activating group) is 1. The van der Waals surface area contributed by atoms with Crippen molar-refractivity contribution < 1.29 is 19.7 Å². The van der Waals surface area contributed by atoms with Gasteiger partial charge in [0.15, 0.2) is 11.5 Å². The van der Waals surface area contributed by atoms with Gasteiger partial charge in [0.05, 0.1) is 26.4 Å². The lowest BCUT2D eigenvalue weighted by Crippen LogP contribution is -2.30. The van der Waals surface area contributed by atoms with Crippen LogP contribution < -0.4 is 9.47 Å². The summed E-state index contributed by atoms with van der Waals surface area (Å²) in [5, 5.41) is 20.1. The molecule has 0 unspecified atom stereocenters. The summed E-state index contributed by atoms with van der Waals surface area (Å²) in [7, 11) is 5.05. The van der Waals surface area contributed by atoms with E-state index in [9.17, 15) is 10.2 Å². The fourth-order valence-corrected chi connectivity index (χ4v) is 2.68. The van der Waals surface area contributed by atoms with Crippen LogP contribution in [-0.4, -0.2) is 54.6 Å². The Balaban J connectivity index is 2.37. The molecule has 5 nitrogen and oxygen atoms in total. The number of hydrogen-bond acceptors (Lipinski definition) is 5. The highest BCUT2D eigenvalue weighted by Crippen LogP contribution is 2.38. The van der Waals surface area contributed by atoms with E-state index in [1.807, 2.05) is 37.1 Å². The summed E-state index contributed by atoms with van der Waals surface area (Å²) >= 11 is 0. The maximum absolute atomic E-state index is 10.2. The molecule has 1 heterocycles. The third kappa shape index (κ3) is 2.29. The molecule has 1 aliphatic heterocycles. The van der Waals surface area contributed by atoms with Gasteiger partial charge in [0, 0.05) is 6.04 Å². The van der Waals surface area contributed by atoms with Crippen LogP contribution in [-0.2, 0) is 0 Å². The second-order valence-electron chi connectivity index (χ2n) is 4.95. The molecule has 0 bridgehead atoms. The molecule has 2 rings (SSSR count). The molecular weight excluding hydrogens is 246 g/mol. The van der Waals surface area contributed by atoms with Gasteiger partial charge in [0.25, 0.3) is 0 Å². The first kappa shape index (κ1) is 14.1. The lowest BCUT2D eigenvalue weighted by Gasteiger charge is -2.25. The molecule has 5 heteroatoms. The normalized spacial score (nSPS) is 31.5. The minimum atomic E-state index is -0.807. The van der Waals surface area contributed by atoms with Crippen molar-refractivity contribution in [3.63, 3.8) is 0 Å². The van der Waals surface area contributed by atoms with Gasteiger partial charge in [0.2, 0.25) is 0 Å². The van der Waals surface area contributed by atoms with Gasteiger partial charge in [-0.15, -0.1) is 0 Å². The van der Waals surface area contributed by atoms with Crippen molar-refractivity contribution in [3.05, 3.63) is 23.8 Å². The molecule has 0 amide bonds. The number of hydrogen-bond donors (Lipinski definition) is 2. The molecule has 1 fully saturated rings. The summed E-state index contributed by atoms with van der Waals surface area (Å²) in [6.45, 7) is 1.90. The van der Waals surface area contributed by atoms with E-state index in [2.05, 4.69) is 0 Å². The fourth-order valence-electron chi connectivity index (χ4n) is 2.68. The van der Waals surface area contributed by atoms with Crippen LogP contribution in [0.5, 0.6) is 11.5 Å². The van der Waals surface area contributed by atoms with E-state index >= 15 is 0 Å². The fraction of sp³-hybridized carbons (Fsp3) is 0.571. The first-order chi connectivity index (χ1) is 9.01. The van der Waals surface area contributed by atoms with Crippen molar-refractivity contribution in [2.75, 3.05) is 21.3 Å². The van der Waals surface area contributed by atoms with Gasteiger partial charge in [-0.3, -0.25) is 4.90 Å². The minimum absolute atomic E-state index is 0.0897. The SMILES string of the molecule is COc1ccc([C@@H]2[C@@H](O)[C@H](O)[C@@H](C)N2C)cc1OC. The van der Waals surface area contributed by atoms with E-state index in [0.29, 0.717) is 11.5 Å². The Morgan fingerprint density at radius 3 is 2.16 bits per heavy atom. The van der Waals surface area contributed by atoms with E-state index in [1.165, 1.54) is 0 Å². The van der Waals surface area contributed by atoms with Crippen molar-refractivity contribution in [3.8, 4) is 11.5 Å². The molecule has 1 saturated heterocycles. The van der Waals surface area contributed by atoms with Crippen molar-refractivity contribution in [1.82, 2.24) is 4.90 Å². The van der Waals surface area contributed by atoms with Crippen LogP contribution >= 0.6 is 0 Å². The molecule has 0 radical (unpaired) electrons. The number of rotatable bonds is 3. The van der Waals surface area contributed by atoms with Gasteiger partial charge >= 0.3 is 0 Å². The zero-order chi connectivity index (χ0) is 14.2. The van der Waals surface area contributed by atoms with Crippen LogP contribution in [0.3, 0.4) is 0 Å². The molecule has 19 heavy (non-hydrogen) atoms. The van der Waals surface area contributed by atoms with E-state index in [0.717, 1.165) is 5.56 Å². The molecule has 1 aromatic rings. The van der Waals surface area contributed by atoms with E-state index in [1.54, 1.807) is 14.2 Å². The van der Waals surface area contributed by atoms with Gasteiger partial charge < -0.3 is 19.7 Å². The van der Waals surface area contributed by atoms with E-state index in [4.69, 9.17) is 9.47 Å². The zero-order valence-electron chi connectivity index (χ0n) is 11.7. The quantitative estimate of drug-likeness (QED) is 0.848. The standard InChI is InChI=1S/C14H21NO4/c1-8-13(16)14(17)12(15(8)2)9-5-6-10(18-3)11(7-9)19-4/h5-8,12-14,16-17H,1-4H3/t8-,12-,13-,14-/m1/s1. The van der Waals surface area contributed by atoms with Gasteiger partial charge in [-0.05, 0) is 31.7 Å². The summed E-state index contributed by atoms with van der Waals surface area (Å²) < 4.78 is 10.5. The maximum Gasteiger partial charge on any atom is 0.161 e. The Morgan fingerprint density at radius 1 is 1.05 bits per heavy atom. The third-order valence-corrected chi connectivity index (χ3v) is 4.00. The molecule has 106 valence electrons. The Hall–Kier alpha value is -1.30. The molecule has 4 atom stereocenters. The second-order valence-corrected chi connectivity index (χ2v) is 4.95. The first-order valence-electron chi connectivity index (χ1n) is 6.31. The van der Waals surface area contributed by atoms with Crippen LogP contribution in [0.1, 0.15) is 18.5 Å². The summed E-state index contributed by atoms with van der Waals surface area (Å²) in [6.07, 6.45) is -1.55. The Bertz CT molecular complexity index is 437. The van der Waals surface area contributed by atoms with Crippen molar-refractivity contribution >= 4 is 0 Å². The lowest BCUT2D eigenvalue weighted by molar-refractivity contribution is 0.0300. The van der Waals surface area contributed by atoms with E-state index in [-0.39, 0.29) is 12.1 Å². The lowest BCUT2D eigenvalue weighted by atomic mass is 10.0. The van der Waals surface area contributed by atoms with Gasteiger partial charge in [-0.2, -0.15) is 0 Å². The van der Waals surface area contributed by atoms with Crippen molar-refractivity contribution in [2.24, 2.45) is 0 Å². The minimum Gasteiger partial charge on any atom is -0.493 e. The predicted octanol–water partition coefficient (Wildman–Crippen LogP) is 0.801. The van der Waals surface area contributed by atoms with Crippen LogP contribution in [0.15, 0.2) is 18.2 Å². The second kappa shape index (κ2) is 5.36. The molecule has 2 N–H and O–H groups in total.